The van der Waals surface area contributed by atoms with Crippen LogP contribution < -0.4 is 5.73 Å². The van der Waals surface area contributed by atoms with E-state index in [2.05, 4.69) is 9.97 Å². The maximum Gasteiger partial charge on any atom is 0.433 e. The topological polar surface area (TPSA) is 64.9 Å². The molecule has 0 saturated carbocycles. The van der Waals surface area contributed by atoms with Crippen molar-refractivity contribution in [1.29, 1.82) is 0 Å². The lowest BCUT2D eigenvalue weighted by atomic mass is 10.4. The van der Waals surface area contributed by atoms with Crippen molar-refractivity contribution in [2.45, 2.75) is 23.0 Å². The summed E-state index contributed by atoms with van der Waals surface area (Å²) in [7, 11) is 0. The normalized spacial score (nSPS) is 11.8. The number of aromatic nitrogens is 2. The molecule has 0 bridgehead atoms. The van der Waals surface area contributed by atoms with Crippen molar-refractivity contribution < 1.29 is 17.6 Å². The molecule has 0 radical (unpaired) electrons. The lowest BCUT2D eigenvalue weighted by Gasteiger charge is -2.07. The zero-order valence-electron chi connectivity index (χ0n) is 9.15. The molecule has 0 aliphatic heterocycles. The van der Waals surface area contributed by atoms with Gasteiger partial charge >= 0.3 is 6.18 Å². The van der Waals surface area contributed by atoms with Crippen LogP contribution in [0.2, 0.25) is 0 Å². The van der Waals surface area contributed by atoms with Crippen molar-refractivity contribution in [2.75, 3.05) is 5.73 Å². The van der Waals surface area contributed by atoms with Gasteiger partial charge in [0.1, 0.15) is 10.8 Å². The first kappa shape index (κ1) is 12.7. The molecule has 4 nitrogen and oxygen atoms in total. The molecule has 18 heavy (non-hydrogen) atoms. The molecule has 0 aliphatic rings. The second kappa shape index (κ2) is 4.52. The molecule has 2 heterocycles. The number of hydrogen-bond donors (Lipinski definition) is 1. The predicted octanol–water partition coefficient (Wildman–Crippen LogP) is 3.13. The zero-order valence-corrected chi connectivity index (χ0v) is 9.97. The minimum atomic E-state index is -4.54. The SMILES string of the molecule is Cc1occc1Sc1cc(C(F)(F)F)nc(N)n1. The minimum absolute atomic E-state index is 0.124. The number of rotatable bonds is 2. The van der Waals surface area contributed by atoms with Gasteiger partial charge in [-0.3, -0.25) is 0 Å². The molecule has 2 aromatic rings. The molecule has 2 aromatic heterocycles. The fourth-order valence-electron chi connectivity index (χ4n) is 1.23. The van der Waals surface area contributed by atoms with E-state index in [0.717, 1.165) is 17.8 Å². The summed E-state index contributed by atoms with van der Waals surface area (Å²) in [4.78, 5) is 7.59. The molecule has 2 rings (SSSR count). The Morgan fingerprint density at radius 2 is 2.06 bits per heavy atom. The highest BCUT2D eigenvalue weighted by Gasteiger charge is 2.33. The van der Waals surface area contributed by atoms with Gasteiger partial charge in [0.2, 0.25) is 5.95 Å². The summed E-state index contributed by atoms with van der Waals surface area (Å²) in [6.07, 6.45) is -3.09. The van der Waals surface area contributed by atoms with Crippen LogP contribution in [0, 0.1) is 6.92 Å². The highest BCUT2D eigenvalue weighted by molar-refractivity contribution is 7.99. The molecule has 0 fully saturated rings. The van der Waals surface area contributed by atoms with Gasteiger partial charge < -0.3 is 10.2 Å². The Hall–Kier alpha value is -1.70. The largest absolute Gasteiger partial charge is 0.468 e. The van der Waals surface area contributed by atoms with E-state index in [9.17, 15) is 13.2 Å². The summed E-state index contributed by atoms with van der Waals surface area (Å²) in [6, 6.07) is 2.50. The third-order valence-corrected chi connectivity index (χ3v) is 3.10. The average molecular weight is 275 g/mol. The third kappa shape index (κ3) is 2.76. The molecule has 0 saturated heterocycles. The number of alkyl halides is 3. The zero-order chi connectivity index (χ0) is 13.3. The van der Waals surface area contributed by atoms with E-state index in [0.29, 0.717) is 10.7 Å². The third-order valence-electron chi connectivity index (χ3n) is 2.04. The Bertz CT molecular complexity index is 568. The van der Waals surface area contributed by atoms with Gasteiger partial charge in [-0.15, -0.1) is 0 Å². The van der Waals surface area contributed by atoms with E-state index in [4.69, 9.17) is 10.2 Å². The minimum Gasteiger partial charge on any atom is -0.468 e. The van der Waals surface area contributed by atoms with E-state index < -0.39 is 17.8 Å². The van der Waals surface area contributed by atoms with Gasteiger partial charge in [-0.1, -0.05) is 11.8 Å². The van der Waals surface area contributed by atoms with Crippen LogP contribution in [0.25, 0.3) is 0 Å². The van der Waals surface area contributed by atoms with Gasteiger partial charge in [-0.2, -0.15) is 13.2 Å². The van der Waals surface area contributed by atoms with Crippen LogP contribution in [0.3, 0.4) is 0 Å². The van der Waals surface area contributed by atoms with Crippen molar-refractivity contribution in [3.05, 3.63) is 29.9 Å². The fraction of sp³-hybridized carbons (Fsp3) is 0.200. The molecule has 0 aliphatic carbocycles. The second-order valence-corrected chi connectivity index (χ2v) is 4.45. The van der Waals surface area contributed by atoms with E-state index in [-0.39, 0.29) is 5.03 Å². The summed E-state index contributed by atoms with van der Waals surface area (Å²) in [6.45, 7) is 1.71. The molecule has 0 unspecified atom stereocenters. The van der Waals surface area contributed by atoms with Gasteiger partial charge in [0.15, 0.2) is 5.69 Å². The van der Waals surface area contributed by atoms with Crippen molar-refractivity contribution in [2.24, 2.45) is 0 Å². The van der Waals surface area contributed by atoms with Gasteiger partial charge in [0.25, 0.3) is 0 Å². The monoisotopic (exact) mass is 275 g/mol. The molecule has 96 valence electrons. The Morgan fingerprint density at radius 3 is 2.61 bits per heavy atom. The average Bonchev–Trinajstić information content (AvgIpc) is 2.62. The summed E-state index contributed by atoms with van der Waals surface area (Å²) < 4.78 is 42.6. The number of aryl methyl sites for hydroxylation is 1. The predicted molar refractivity (Wildman–Crippen MR) is 59.0 cm³/mol. The maximum absolute atomic E-state index is 12.5. The molecule has 8 heteroatoms. The van der Waals surface area contributed by atoms with Crippen LogP contribution in [-0.2, 0) is 6.18 Å². The van der Waals surface area contributed by atoms with Crippen molar-refractivity contribution in [3.8, 4) is 0 Å². The van der Waals surface area contributed by atoms with Gasteiger partial charge in [0.05, 0.1) is 11.2 Å². The Balaban J connectivity index is 2.35. The summed E-state index contributed by atoms with van der Waals surface area (Å²) >= 11 is 1.04. The van der Waals surface area contributed by atoms with Crippen LogP contribution >= 0.6 is 11.8 Å². The summed E-state index contributed by atoms with van der Waals surface area (Å²) in [5.41, 5.74) is 4.21. The molecule has 0 atom stereocenters. The fourth-order valence-corrected chi connectivity index (χ4v) is 2.08. The Kier molecular flexibility index (Phi) is 3.20. The lowest BCUT2D eigenvalue weighted by molar-refractivity contribution is -0.141. The summed E-state index contributed by atoms with van der Waals surface area (Å²) in [5, 5.41) is 0.124. The molecule has 2 N–H and O–H groups in total. The van der Waals surface area contributed by atoms with Gasteiger partial charge in [-0.25, -0.2) is 9.97 Å². The van der Waals surface area contributed by atoms with Crippen LogP contribution in [-0.4, -0.2) is 9.97 Å². The smallest absolute Gasteiger partial charge is 0.433 e. The first-order valence-corrected chi connectivity index (χ1v) is 5.61. The second-order valence-electron chi connectivity index (χ2n) is 3.39. The number of hydrogen-bond acceptors (Lipinski definition) is 5. The molecule has 0 amide bonds. The lowest BCUT2D eigenvalue weighted by Crippen LogP contribution is -2.11. The van der Waals surface area contributed by atoms with Crippen LogP contribution in [0.15, 0.2) is 32.7 Å². The highest BCUT2D eigenvalue weighted by Crippen LogP contribution is 2.34. The highest BCUT2D eigenvalue weighted by atomic mass is 32.2. The van der Waals surface area contributed by atoms with Crippen LogP contribution in [0.5, 0.6) is 0 Å². The standard InChI is InChI=1S/C10H8F3N3OS/c1-5-6(2-3-17-5)18-8-4-7(10(11,12)13)15-9(14)16-8/h2-4H,1H3,(H2,14,15,16). The van der Waals surface area contributed by atoms with Gasteiger partial charge in [-0.05, 0) is 13.0 Å². The Morgan fingerprint density at radius 1 is 1.33 bits per heavy atom. The molecular weight excluding hydrogens is 267 g/mol. The van der Waals surface area contributed by atoms with E-state index >= 15 is 0 Å². The summed E-state index contributed by atoms with van der Waals surface area (Å²) in [5.74, 6) is 0.194. The van der Waals surface area contributed by atoms with Gasteiger partial charge in [0, 0.05) is 6.07 Å². The maximum atomic E-state index is 12.5. The number of furan rings is 1. The van der Waals surface area contributed by atoms with Crippen molar-refractivity contribution in [3.63, 3.8) is 0 Å². The molecular formula is C10H8F3N3OS. The quantitative estimate of drug-likeness (QED) is 0.853. The van der Waals surface area contributed by atoms with Crippen molar-refractivity contribution in [1.82, 2.24) is 9.97 Å². The van der Waals surface area contributed by atoms with E-state index in [1.54, 1.807) is 13.0 Å². The Labute approximate surface area is 104 Å². The number of halogens is 3. The van der Waals surface area contributed by atoms with Crippen molar-refractivity contribution >= 4 is 17.7 Å². The number of nitrogens with two attached hydrogens (primary N) is 1. The van der Waals surface area contributed by atoms with E-state index in [1.807, 2.05) is 0 Å². The van der Waals surface area contributed by atoms with E-state index in [1.165, 1.54) is 6.26 Å². The van der Waals surface area contributed by atoms with Crippen LogP contribution in [0.4, 0.5) is 19.1 Å². The number of nitrogen functional groups attached to an aromatic ring is 1. The van der Waals surface area contributed by atoms with Crippen LogP contribution in [0.1, 0.15) is 11.5 Å². The number of nitrogens with zero attached hydrogens (tertiary/aromatic N) is 2. The molecule has 0 aromatic carbocycles. The number of anilines is 1. The molecule has 0 spiro atoms. The first-order valence-electron chi connectivity index (χ1n) is 4.80. The first-order chi connectivity index (χ1) is 8.36.